The van der Waals surface area contributed by atoms with E-state index in [0.29, 0.717) is 6.54 Å². The van der Waals surface area contributed by atoms with Gasteiger partial charge >= 0.3 is 6.09 Å². The summed E-state index contributed by atoms with van der Waals surface area (Å²) in [5, 5.41) is 2.79. The molecule has 0 bridgehead atoms. The summed E-state index contributed by atoms with van der Waals surface area (Å²) in [6, 6.07) is 6.03. The smallest absolute Gasteiger partial charge is 0.407 e. The second kappa shape index (κ2) is 6.66. The van der Waals surface area contributed by atoms with Gasteiger partial charge in [0.2, 0.25) is 0 Å². The number of hydrogen-bond acceptors (Lipinski definition) is 5. The van der Waals surface area contributed by atoms with Gasteiger partial charge in [-0.2, -0.15) is 0 Å². The van der Waals surface area contributed by atoms with E-state index in [4.69, 9.17) is 14.2 Å². The molecule has 2 aliphatic rings. The van der Waals surface area contributed by atoms with Crippen LogP contribution in [0.15, 0.2) is 18.2 Å². The minimum atomic E-state index is -0.302. The van der Waals surface area contributed by atoms with Crippen molar-refractivity contribution in [2.45, 2.75) is 31.4 Å². The number of carbonyl (C=O) groups excluding carboxylic acids is 1. The van der Waals surface area contributed by atoms with E-state index in [1.807, 2.05) is 12.1 Å². The van der Waals surface area contributed by atoms with Crippen LogP contribution in [0.5, 0.6) is 11.5 Å². The largest absolute Gasteiger partial charge is 0.493 e. The second-order valence-electron chi connectivity index (χ2n) is 6.25. The van der Waals surface area contributed by atoms with Crippen LogP contribution in [0.2, 0.25) is 0 Å². The lowest BCUT2D eigenvalue weighted by Crippen LogP contribution is -2.34. The Labute approximate surface area is 136 Å². The molecule has 2 heterocycles. The normalized spacial score (nSPS) is 24.9. The van der Waals surface area contributed by atoms with Gasteiger partial charge in [0, 0.05) is 19.5 Å². The molecule has 1 aromatic rings. The maximum atomic E-state index is 11.4. The fourth-order valence-corrected chi connectivity index (χ4v) is 3.40. The number of nitrogens with one attached hydrogen (secondary N) is 1. The first kappa shape index (κ1) is 15.9. The zero-order chi connectivity index (χ0) is 16.3. The molecular formula is C17H24N2O4. The molecule has 1 N–H and O–H groups in total. The summed E-state index contributed by atoms with van der Waals surface area (Å²) in [7, 11) is 3.29. The molecule has 1 atom stereocenters. The van der Waals surface area contributed by atoms with Gasteiger partial charge in [-0.1, -0.05) is 6.07 Å². The number of ether oxygens (including phenoxy) is 3. The molecule has 0 unspecified atom stereocenters. The van der Waals surface area contributed by atoms with Gasteiger partial charge in [-0.25, -0.2) is 4.79 Å². The molecule has 0 radical (unpaired) electrons. The van der Waals surface area contributed by atoms with Gasteiger partial charge < -0.3 is 19.5 Å². The van der Waals surface area contributed by atoms with Crippen molar-refractivity contribution < 1.29 is 19.0 Å². The van der Waals surface area contributed by atoms with Crippen LogP contribution in [0.25, 0.3) is 0 Å². The summed E-state index contributed by atoms with van der Waals surface area (Å²) in [5.41, 5.74) is 0.892. The molecule has 0 aromatic heterocycles. The lowest BCUT2D eigenvalue weighted by Gasteiger charge is -2.25. The maximum absolute atomic E-state index is 11.4. The van der Waals surface area contributed by atoms with E-state index in [-0.39, 0.29) is 11.7 Å². The Hall–Kier alpha value is -1.95. The van der Waals surface area contributed by atoms with Gasteiger partial charge in [-0.3, -0.25) is 4.90 Å². The minimum Gasteiger partial charge on any atom is -0.493 e. The molecule has 3 rings (SSSR count). The Morgan fingerprint density at radius 1 is 1.22 bits per heavy atom. The number of alkyl carbamates (subject to hydrolysis) is 1. The third kappa shape index (κ3) is 3.52. The Kier molecular flexibility index (Phi) is 4.61. The van der Waals surface area contributed by atoms with E-state index in [1.165, 1.54) is 5.56 Å². The predicted octanol–water partition coefficient (Wildman–Crippen LogP) is 2.17. The van der Waals surface area contributed by atoms with E-state index < -0.39 is 0 Å². The third-order valence-electron chi connectivity index (χ3n) is 4.71. The molecule has 1 spiro atoms. The highest BCUT2D eigenvalue weighted by atomic mass is 16.6. The molecule has 6 heteroatoms. The van der Waals surface area contributed by atoms with E-state index in [9.17, 15) is 4.79 Å². The van der Waals surface area contributed by atoms with Gasteiger partial charge in [-0.05, 0) is 37.1 Å². The lowest BCUT2D eigenvalue weighted by atomic mass is 9.95. The van der Waals surface area contributed by atoms with Crippen LogP contribution in [0.4, 0.5) is 4.79 Å². The average molecular weight is 320 g/mol. The molecule has 1 amide bonds. The summed E-state index contributed by atoms with van der Waals surface area (Å²) >= 11 is 0. The van der Waals surface area contributed by atoms with Gasteiger partial charge in [0.1, 0.15) is 5.60 Å². The van der Waals surface area contributed by atoms with Crippen LogP contribution >= 0.6 is 0 Å². The van der Waals surface area contributed by atoms with Crippen molar-refractivity contribution in [1.29, 1.82) is 0 Å². The average Bonchev–Trinajstić information content (AvgIpc) is 2.81. The van der Waals surface area contributed by atoms with Crippen molar-refractivity contribution in [2.24, 2.45) is 0 Å². The standard InChI is InChI=1S/C17H24N2O4/c1-21-14-5-4-13(10-15(14)22-2)11-19-8-3-6-17(7-9-19)12-18-16(20)23-17/h4-5,10H,3,6-9,11-12H2,1-2H3,(H,18,20)/t17-/m1/s1. The van der Waals surface area contributed by atoms with E-state index in [0.717, 1.165) is 50.4 Å². The Bertz CT molecular complexity index is 578. The van der Waals surface area contributed by atoms with Crippen LogP contribution in [-0.2, 0) is 11.3 Å². The van der Waals surface area contributed by atoms with E-state index >= 15 is 0 Å². The fourth-order valence-electron chi connectivity index (χ4n) is 3.40. The van der Waals surface area contributed by atoms with Crippen molar-refractivity contribution in [3.63, 3.8) is 0 Å². The molecule has 2 saturated heterocycles. The molecule has 2 fully saturated rings. The maximum Gasteiger partial charge on any atom is 0.407 e. The van der Waals surface area contributed by atoms with Gasteiger partial charge in [0.15, 0.2) is 11.5 Å². The highest BCUT2D eigenvalue weighted by Crippen LogP contribution is 2.31. The van der Waals surface area contributed by atoms with Crippen molar-refractivity contribution in [3.8, 4) is 11.5 Å². The number of methoxy groups -OCH3 is 2. The number of carbonyl (C=O) groups is 1. The second-order valence-corrected chi connectivity index (χ2v) is 6.25. The summed E-state index contributed by atoms with van der Waals surface area (Å²) in [5.74, 6) is 1.50. The summed E-state index contributed by atoms with van der Waals surface area (Å²) in [6.07, 6.45) is 2.55. The highest BCUT2D eigenvalue weighted by molar-refractivity contribution is 5.70. The number of benzene rings is 1. The van der Waals surface area contributed by atoms with Crippen LogP contribution in [0.3, 0.4) is 0 Å². The Balaban J connectivity index is 1.63. The summed E-state index contributed by atoms with van der Waals surface area (Å²) in [6.45, 7) is 3.42. The number of amides is 1. The monoisotopic (exact) mass is 320 g/mol. The molecule has 6 nitrogen and oxygen atoms in total. The van der Waals surface area contributed by atoms with Gasteiger partial charge in [0.25, 0.3) is 0 Å². The Morgan fingerprint density at radius 3 is 2.74 bits per heavy atom. The first-order valence-corrected chi connectivity index (χ1v) is 8.04. The van der Waals surface area contributed by atoms with Gasteiger partial charge in [0.05, 0.1) is 20.8 Å². The van der Waals surface area contributed by atoms with Crippen molar-refractivity contribution in [1.82, 2.24) is 10.2 Å². The molecule has 0 saturated carbocycles. The number of hydrogen-bond donors (Lipinski definition) is 1. The quantitative estimate of drug-likeness (QED) is 0.921. The number of likely N-dealkylation sites (tertiary alicyclic amines) is 1. The minimum absolute atomic E-state index is 0.279. The zero-order valence-corrected chi connectivity index (χ0v) is 13.8. The highest BCUT2D eigenvalue weighted by Gasteiger charge is 2.41. The molecule has 23 heavy (non-hydrogen) atoms. The van der Waals surface area contributed by atoms with Gasteiger partial charge in [-0.15, -0.1) is 0 Å². The topological polar surface area (TPSA) is 60.0 Å². The molecule has 1 aromatic carbocycles. The molecule has 126 valence electrons. The third-order valence-corrected chi connectivity index (χ3v) is 4.71. The van der Waals surface area contributed by atoms with Crippen molar-refractivity contribution in [3.05, 3.63) is 23.8 Å². The first-order chi connectivity index (χ1) is 11.1. The van der Waals surface area contributed by atoms with Crippen LogP contribution in [0, 0.1) is 0 Å². The SMILES string of the molecule is COc1ccc(CN2CCC[C@@]3(CC2)CNC(=O)O3)cc1OC. The lowest BCUT2D eigenvalue weighted by molar-refractivity contribution is 0.0443. The predicted molar refractivity (Wildman–Crippen MR) is 85.9 cm³/mol. The van der Waals surface area contributed by atoms with Crippen molar-refractivity contribution in [2.75, 3.05) is 33.9 Å². The first-order valence-electron chi connectivity index (χ1n) is 8.04. The van der Waals surface area contributed by atoms with Crippen molar-refractivity contribution >= 4 is 6.09 Å². The summed E-state index contributed by atoms with van der Waals surface area (Å²) in [4.78, 5) is 13.8. The molecule has 2 aliphatic heterocycles. The van der Waals surface area contributed by atoms with E-state index in [2.05, 4.69) is 16.3 Å². The summed E-state index contributed by atoms with van der Waals surface area (Å²) < 4.78 is 16.2. The van der Waals surface area contributed by atoms with E-state index in [1.54, 1.807) is 14.2 Å². The van der Waals surface area contributed by atoms with Crippen LogP contribution in [0.1, 0.15) is 24.8 Å². The Morgan fingerprint density at radius 2 is 2.04 bits per heavy atom. The number of nitrogens with zero attached hydrogens (tertiary/aromatic N) is 1. The number of rotatable bonds is 4. The van der Waals surface area contributed by atoms with Crippen LogP contribution < -0.4 is 14.8 Å². The zero-order valence-electron chi connectivity index (χ0n) is 13.8. The fraction of sp³-hybridized carbons (Fsp3) is 0.588. The molecular weight excluding hydrogens is 296 g/mol. The van der Waals surface area contributed by atoms with Crippen LogP contribution in [-0.4, -0.2) is 50.4 Å². The molecule has 0 aliphatic carbocycles.